The molecule has 1 N–H and O–H groups in total. The number of carbonyl (C=O) groups excluding carboxylic acids is 2. The first-order valence-electron chi connectivity index (χ1n) is 8.69. The van der Waals surface area contributed by atoms with Crippen molar-refractivity contribution in [3.8, 4) is 0 Å². The second-order valence-electron chi connectivity index (χ2n) is 6.77. The fourth-order valence-corrected chi connectivity index (χ4v) is 4.81. The van der Waals surface area contributed by atoms with Crippen molar-refractivity contribution in [2.45, 2.75) is 11.3 Å². The minimum atomic E-state index is -3.35. The van der Waals surface area contributed by atoms with Crippen LogP contribution in [0, 0.1) is 11.7 Å². The number of fused-ring (bicyclic) bond motifs is 1. The SMILES string of the molecule is CS(=O)(=O)c1ccc2nc(NC(=O)C3CC(=O)N(c4ccccc4F)C3)sc2c1. The lowest BCUT2D eigenvalue weighted by atomic mass is 10.1. The second-order valence-corrected chi connectivity index (χ2v) is 9.81. The van der Waals surface area contributed by atoms with Crippen molar-refractivity contribution >= 4 is 54.0 Å². The Kier molecular flexibility index (Phi) is 4.83. The topological polar surface area (TPSA) is 96.4 Å². The minimum absolute atomic E-state index is 0.0245. The lowest BCUT2D eigenvalue weighted by molar-refractivity contribution is -0.122. The number of hydrogen-bond donors (Lipinski definition) is 1. The maximum absolute atomic E-state index is 14.0. The summed E-state index contributed by atoms with van der Waals surface area (Å²) < 4.78 is 38.0. The molecule has 1 aliphatic heterocycles. The molecule has 7 nitrogen and oxygen atoms in total. The lowest BCUT2D eigenvalue weighted by Gasteiger charge is -2.17. The highest BCUT2D eigenvalue weighted by molar-refractivity contribution is 7.90. The van der Waals surface area contributed by atoms with E-state index in [9.17, 15) is 22.4 Å². The number of carbonyl (C=O) groups is 2. The predicted octanol–water partition coefficient (Wildman–Crippen LogP) is 2.83. The van der Waals surface area contributed by atoms with Crippen molar-refractivity contribution in [3.05, 3.63) is 48.3 Å². The summed E-state index contributed by atoms with van der Waals surface area (Å²) in [4.78, 5) is 30.6. The molecule has 1 aromatic heterocycles. The van der Waals surface area contributed by atoms with Crippen molar-refractivity contribution in [2.75, 3.05) is 23.0 Å². The fourth-order valence-electron chi connectivity index (χ4n) is 3.18. The highest BCUT2D eigenvalue weighted by Gasteiger charge is 2.36. The molecule has 1 atom stereocenters. The summed E-state index contributed by atoms with van der Waals surface area (Å²) in [5.74, 6) is -1.87. The molecule has 0 radical (unpaired) electrons. The average molecular weight is 433 g/mol. The smallest absolute Gasteiger partial charge is 0.231 e. The lowest BCUT2D eigenvalue weighted by Crippen LogP contribution is -2.28. The number of hydrogen-bond acceptors (Lipinski definition) is 6. The maximum Gasteiger partial charge on any atom is 0.231 e. The van der Waals surface area contributed by atoms with Crippen LogP contribution in [0.15, 0.2) is 47.4 Å². The van der Waals surface area contributed by atoms with Crippen LogP contribution in [0.25, 0.3) is 10.2 Å². The summed E-state index contributed by atoms with van der Waals surface area (Å²) in [6.45, 7) is 0.0781. The van der Waals surface area contributed by atoms with Gasteiger partial charge in [-0.15, -0.1) is 0 Å². The molecule has 2 aromatic carbocycles. The van der Waals surface area contributed by atoms with Gasteiger partial charge in [-0.1, -0.05) is 23.5 Å². The summed E-state index contributed by atoms with van der Waals surface area (Å²) >= 11 is 1.15. The van der Waals surface area contributed by atoms with Crippen LogP contribution < -0.4 is 10.2 Å². The fraction of sp³-hybridized carbons (Fsp3) is 0.211. The second kappa shape index (κ2) is 7.20. The van der Waals surface area contributed by atoms with Crippen molar-refractivity contribution in [2.24, 2.45) is 5.92 Å². The molecular weight excluding hydrogens is 417 g/mol. The number of nitrogens with one attached hydrogen (secondary N) is 1. The Morgan fingerprint density at radius 2 is 2.03 bits per heavy atom. The standard InChI is InChI=1S/C19H16FN3O4S2/c1-29(26,27)12-6-7-14-16(9-12)28-19(21-14)22-18(25)11-8-17(24)23(10-11)15-5-3-2-4-13(15)20/h2-7,9,11H,8,10H2,1H3,(H,21,22,25). The van der Waals surface area contributed by atoms with Gasteiger partial charge < -0.3 is 10.2 Å². The number of nitrogens with zero attached hydrogens (tertiary/aromatic N) is 2. The van der Waals surface area contributed by atoms with Crippen molar-refractivity contribution in [1.29, 1.82) is 0 Å². The number of halogens is 1. The van der Waals surface area contributed by atoms with E-state index in [-0.39, 0.29) is 35.4 Å². The van der Waals surface area contributed by atoms with E-state index in [1.54, 1.807) is 12.1 Å². The molecule has 0 aliphatic carbocycles. The van der Waals surface area contributed by atoms with Gasteiger partial charge >= 0.3 is 0 Å². The van der Waals surface area contributed by atoms with Gasteiger partial charge in [-0.05, 0) is 30.3 Å². The van der Waals surface area contributed by atoms with Gasteiger partial charge in [0, 0.05) is 19.2 Å². The number of para-hydroxylation sites is 1. The zero-order valence-corrected chi connectivity index (χ0v) is 16.9. The van der Waals surface area contributed by atoms with Gasteiger partial charge in [0.25, 0.3) is 0 Å². The minimum Gasteiger partial charge on any atom is -0.309 e. The Hall–Kier alpha value is -2.85. The van der Waals surface area contributed by atoms with Crippen molar-refractivity contribution < 1.29 is 22.4 Å². The molecule has 10 heteroatoms. The van der Waals surface area contributed by atoms with Crippen LogP contribution in [0.4, 0.5) is 15.2 Å². The van der Waals surface area contributed by atoms with Crippen LogP contribution in [0.5, 0.6) is 0 Å². The molecule has 1 unspecified atom stereocenters. The highest BCUT2D eigenvalue weighted by atomic mass is 32.2. The van der Waals surface area contributed by atoms with E-state index >= 15 is 0 Å². The Labute approximate surface area is 170 Å². The zero-order chi connectivity index (χ0) is 20.8. The first-order valence-corrected chi connectivity index (χ1v) is 11.4. The molecule has 0 spiro atoms. The molecule has 2 heterocycles. The molecule has 2 amide bonds. The third kappa shape index (κ3) is 3.85. The number of thiazole rings is 1. The summed E-state index contributed by atoms with van der Waals surface area (Å²) in [6, 6.07) is 10.5. The Morgan fingerprint density at radius 1 is 1.28 bits per heavy atom. The van der Waals surface area contributed by atoms with Gasteiger partial charge in [0.05, 0.1) is 26.7 Å². The average Bonchev–Trinajstić information content (AvgIpc) is 3.23. The summed E-state index contributed by atoms with van der Waals surface area (Å²) in [6.07, 6.45) is 1.10. The monoisotopic (exact) mass is 433 g/mol. The third-order valence-electron chi connectivity index (χ3n) is 4.66. The normalized spacial score (nSPS) is 17.1. The molecule has 29 heavy (non-hydrogen) atoms. The Bertz CT molecular complexity index is 1240. The summed E-state index contributed by atoms with van der Waals surface area (Å²) in [5.41, 5.74) is 0.717. The molecule has 0 bridgehead atoms. The Morgan fingerprint density at radius 3 is 2.76 bits per heavy atom. The van der Waals surface area contributed by atoms with Crippen molar-refractivity contribution in [3.63, 3.8) is 0 Å². The first-order chi connectivity index (χ1) is 13.7. The molecule has 1 fully saturated rings. The first kappa shape index (κ1) is 19.5. The molecule has 1 aliphatic rings. The number of sulfone groups is 1. The van der Waals surface area contributed by atoms with Crippen LogP contribution in [0.1, 0.15) is 6.42 Å². The van der Waals surface area contributed by atoms with Crippen LogP contribution in [0.2, 0.25) is 0 Å². The predicted molar refractivity (Wildman–Crippen MR) is 108 cm³/mol. The van der Waals surface area contributed by atoms with Gasteiger partial charge in [0.2, 0.25) is 11.8 Å². The van der Waals surface area contributed by atoms with Crippen molar-refractivity contribution in [1.82, 2.24) is 4.98 Å². The molecule has 4 rings (SSSR count). The van der Waals surface area contributed by atoms with Gasteiger partial charge in [0.1, 0.15) is 5.82 Å². The number of anilines is 2. The van der Waals surface area contributed by atoms with E-state index in [0.29, 0.717) is 15.3 Å². The molecule has 1 saturated heterocycles. The van der Waals surface area contributed by atoms with Crippen LogP contribution in [-0.2, 0) is 19.4 Å². The molecule has 0 saturated carbocycles. The highest BCUT2D eigenvalue weighted by Crippen LogP contribution is 2.31. The van der Waals surface area contributed by atoms with Gasteiger partial charge in [-0.2, -0.15) is 0 Å². The number of rotatable bonds is 4. The molecular formula is C19H16FN3O4S2. The number of benzene rings is 2. The molecule has 3 aromatic rings. The summed E-state index contributed by atoms with van der Waals surface area (Å²) in [5, 5.41) is 3.00. The van der Waals surface area contributed by atoms with E-state index < -0.39 is 21.6 Å². The van der Waals surface area contributed by atoms with E-state index in [0.717, 1.165) is 17.6 Å². The maximum atomic E-state index is 14.0. The van der Waals surface area contributed by atoms with Crippen LogP contribution >= 0.6 is 11.3 Å². The van der Waals surface area contributed by atoms with Crippen LogP contribution in [0.3, 0.4) is 0 Å². The summed E-state index contributed by atoms with van der Waals surface area (Å²) in [7, 11) is -3.35. The Balaban J connectivity index is 1.51. The van der Waals surface area contributed by atoms with E-state index in [1.807, 2.05) is 0 Å². The largest absolute Gasteiger partial charge is 0.309 e. The number of amides is 2. The van der Waals surface area contributed by atoms with E-state index in [1.165, 1.54) is 35.2 Å². The number of aromatic nitrogens is 1. The van der Waals surface area contributed by atoms with Gasteiger partial charge in [-0.25, -0.2) is 17.8 Å². The van der Waals surface area contributed by atoms with E-state index in [4.69, 9.17) is 0 Å². The van der Waals surface area contributed by atoms with Gasteiger partial charge in [0.15, 0.2) is 15.0 Å². The van der Waals surface area contributed by atoms with Crippen LogP contribution in [-0.4, -0.2) is 38.0 Å². The van der Waals surface area contributed by atoms with Gasteiger partial charge in [-0.3, -0.25) is 9.59 Å². The quantitative estimate of drug-likeness (QED) is 0.683. The van der Waals surface area contributed by atoms with E-state index in [2.05, 4.69) is 10.3 Å². The third-order valence-corrected chi connectivity index (χ3v) is 6.70. The zero-order valence-electron chi connectivity index (χ0n) is 15.3. The molecule has 150 valence electrons.